The number of Topliss-reactive ketones (excluding diaryl/α,β-unsaturated/α-hetero) is 1. The van der Waals surface area contributed by atoms with Gasteiger partial charge < -0.3 is 19.5 Å². The van der Waals surface area contributed by atoms with Crippen LogP contribution in [0.5, 0.6) is 11.5 Å². The highest BCUT2D eigenvalue weighted by molar-refractivity contribution is 6.04. The van der Waals surface area contributed by atoms with Gasteiger partial charge in [-0.1, -0.05) is 30.3 Å². The molecular weight excluding hydrogens is 418 g/mol. The molecule has 4 rings (SSSR count). The number of carbonyl (C=O) groups is 2. The summed E-state index contributed by atoms with van der Waals surface area (Å²) in [6.07, 6.45) is 0.992. The SMILES string of the molecule is CCOC(=O)C1=C(C)NC2=C(C(=O)CC(c3ccccc3OC)C2)C1c1cccc(OC)c1. The predicted molar refractivity (Wildman–Crippen MR) is 125 cm³/mol. The van der Waals surface area contributed by atoms with Crippen molar-refractivity contribution in [2.45, 2.75) is 38.5 Å². The molecular formula is C27H29NO5. The van der Waals surface area contributed by atoms with Crippen LogP contribution >= 0.6 is 0 Å². The quantitative estimate of drug-likeness (QED) is 0.651. The number of nitrogens with one attached hydrogen (secondary N) is 1. The second-order valence-corrected chi connectivity index (χ2v) is 8.26. The molecule has 1 aliphatic carbocycles. The molecule has 2 aromatic rings. The van der Waals surface area contributed by atoms with E-state index in [-0.39, 0.29) is 18.3 Å². The Bertz CT molecular complexity index is 1150. The van der Waals surface area contributed by atoms with Crippen molar-refractivity contribution in [2.24, 2.45) is 0 Å². The molecule has 6 heteroatoms. The van der Waals surface area contributed by atoms with Gasteiger partial charge in [-0.2, -0.15) is 0 Å². The van der Waals surface area contributed by atoms with Gasteiger partial charge in [-0.15, -0.1) is 0 Å². The lowest BCUT2D eigenvalue weighted by Crippen LogP contribution is -2.36. The van der Waals surface area contributed by atoms with Gasteiger partial charge in [0.25, 0.3) is 0 Å². The molecule has 0 fully saturated rings. The fourth-order valence-electron chi connectivity index (χ4n) is 4.90. The molecule has 33 heavy (non-hydrogen) atoms. The van der Waals surface area contributed by atoms with Crippen LogP contribution in [0.4, 0.5) is 0 Å². The molecule has 172 valence electrons. The van der Waals surface area contributed by atoms with Crippen molar-refractivity contribution in [3.8, 4) is 11.5 Å². The van der Waals surface area contributed by atoms with E-state index in [9.17, 15) is 9.59 Å². The summed E-state index contributed by atoms with van der Waals surface area (Å²) in [5.74, 6) is 0.524. The Kier molecular flexibility index (Phi) is 6.54. The van der Waals surface area contributed by atoms with E-state index in [2.05, 4.69) is 5.32 Å². The van der Waals surface area contributed by atoms with Crippen LogP contribution < -0.4 is 14.8 Å². The van der Waals surface area contributed by atoms with E-state index in [1.165, 1.54) is 0 Å². The molecule has 1 aliphatic heterocycles. The molecule has 0 radical (unpaired) electrons. The normalized spacial score (nSPS) is 20.2. The Balaban J connectivity index is 1.82. The first-order chi connectivity index (χ1) is 16.0. The van der Waals surface area contributed by atoms with E-state index in [0.717, 1.165) is 22.6 Å². The zero-order valence-electron chi connectivity index (χ0n) is 19.4. The van der Waals surface area contributed by atoms with Gasteiger partial charge in [-0.3, -0.25) is 4.79 Å². The number of ether oxygens (including phenoxy) is 3. The monoisotopic (exact) mass is 447 g/mol. The highest BCUT2D eigenvalue weighted by atomic mass is 16.5. The van der Waals surface area contributed by atoms with Crippen molar-refractivity contribution in [1.29, 1.82) is 0 Å². The third-order valence-corrected chi connectivity index (χ3v) is 6.33. The van der Waals surface area contributed by atoms with Crippen LogP contribution in [0.3, 0.4) is 0 Å². The van der Waals surface area contributed by atoms with Crippen LogP contribution in [-0.4, -0.2) is 32.6 Å². The fourth-order valence-corrected chi connectivity index (χ4v) is 4.90. The van der Waals surface area contributed by atoms with Crippen molar-refractivity contribution >= 4 is 11.8 Å². The molecule has 0 amide bonds. The second-order valence-electron chi connectivity index (χ2n) is 8.26. The molecule has 0 aromatic heterocycles. The number of ketones is 1. The Morgan fingerprint density at radius 1 is 1.06 bits per heavy atom. The minimum Gasteiger partial charge on any atom is -0.497 e. The molecule has 2 aliphatic rings. The summed E-state index contributed by atoms with van der Waals surface area (Å²) in [7, 11) is 3.24. The maximum atomic E-state index is 13.6. The Morgan fingerprint density at radius 2 is 1.85 bits per heavy atom. The number of methoxy groups -OCH3 is 2. The molecule has 0 saturated carbocycles. The van der Waals surface area contributed by atoms with E-state index in [1.807, 2.05) is 55.5 Å². The molecule has 6 nitrogen and oxygen atoms in total. The number of hydrogen-bond acceptors (Lipinski definition) is 6. The summed E-state index contributed by atoms with van der Waals surface area (Å²) in [4.78, 5) is 26.6. The summed E-state index contributed by atoms with van der Waals surface area (Å²) in [5, 5.41) is 3.37. The smallest absolute Gasteiger partial charge is 0.336 e. The summed E-state index contributed by atoms with van der Waals surface area (Å²) in [6.45, 7) is 3.90. The van der Waals surface area contributed by atoms with Gasteiger partial charge in [0.05, 0.1) is 26.4 Å². The minimum atomic E-state index is -0.512. The number of allylic oxidation sites excluding steroid dienone is 3. The topological polar surface area (TPSA) is 73.9 Å². The molecule has 0 saturated heterocycles. The lowest BCUT2D eigenvalue weighted by atomic mass is 9.71. The summed E-state index contributed by atoms with van der Waals surface area (Å²) in [5.41, 5.74) is 4.48. The number of esters is 1. The summed E-state index contributed by atoms with van der Waals surface area (Å²) < 4.78 is 16.3. The van der Waals surface area contributed by atoms with Gasteiger partial charge in [0.2, 0.25) is 0 Å². The Labute approximate surface area is 194 Å². The van der Waals surface area contributed by atoms with Gasteiger partial charge in [-0.05, 0) is 49.6 Å². The first-order valence-corrected chi connectivity index (χ1v) is 11.2. The van der Waals surface area contributed by atoms with E-state index >= 15 is 0 Å². The lowest BCUT2D eigenvalue weighted by Gasteiger charge is -2.37. The van der Waals surface area contributed by atoms with Crippen LogP contribution in [0.25, 0.3) is 0 Å². The van der Waals surface area contributed by atoms with Crippen LogP contribution in [0, 0.1) is 0 Å². The zero-order chi connectivity index (χ0) is 23.5. The van der Waals surface area contributed by atoms with E-state index in [4.69, 9.17) is 14.2 Å². The van der Waals surface area contributed by atoms with Gasteiger partial charge in [0.15, 0.2) is 5.78 Å². The molecule has 1 heterocycles. The summed E-state index contributed by atoms with van der Waals surface area (Å²) in [6, 6.07) is 15.3. The average Bonchev–Trinajstić information content (AvgIpc) is 2.83. The van der Waals surface area contributed by atoms with Crippen LogP contribution in [0.15, 0.2) is 71.1 Å². The van der Waals surface area contributed by atoms with Crippen LogP contribution in [0.2, 0.25) is 0 Å². The van der Waals surface area contributed by atoms with E-state index < -0.39 is 11.9 Å². The third kappa shape index (κ3) is 4.25. The standard InChI is InChI=1S/C27H29NO5/c1-5-33-27(30)24-16(2)28-21-14-18(20-11-6-7-12-23(20)32-4)15-22(29)26(21)25(24)17-9-8-10-19(13-17)31-3/h6-13,18,25,28H,5,14-15H2,1-4H3. The van der Waals surface area contributed by atoms with Crippen molar-refractivity contribution in [1.82, 2.24) is 5.32 Å². The molecule has 1 N–H and O–H groups in total. The third-order valence-electron chi connectivity index (χ3n) is 6.33. The van der Waals surface area contributed by atoms with Crippen molar-refractivity contribution in [3.63, 3.8) is 0 Å². The van der Waals surface area contributed by atoms with E-state index in [0.29, 0.717) is 35.4 Å². The molecule has 2 unspecified atom stereocenters. The van der Waals surface area contributed by atoms with Gasteiger partial charge in [0.1, 0.15) is 11.5 Å². The van der Waals surface area contributed by atoms with Crippen LogP contribution in [-0.2, 0) is 14.3 Å². The average molecular weight is 448 g/mol. The number of para-hydroxylation sites is 1. The van der Waals surface area contributed by atoms with E-state index in [1.54, 1.807) is 21.1 Å². The predicted octanol–water partition coefficient (Wildman–Crippen LogP) is 4.63. The van der Waals surface area contributed by atoms with Gasteiger partial charge >= 0.3 is 5.97 Å². The second kappa shape index (κ2) is 9.53. The van der Waals surface area contributed by atoms with Crippen molar-refractivity contribution in [2.75, 3.05) is 20.8 Å². The van der Waals surface area contributed by atoms with Gasteiger partial charge in [0, 0.05) is 35.2 Å². The first-order valence-electron chi connectivity index (χ1n) is 11.2. The molecule has 2 aromatic carbocycles. The number of benzene rings is 2. The highest BCUT2D eigenvalue weighted by Crippen LogP contribution is 2.47. The largest absolute Gasteiger partial charge is 0.497 e. The molecule has 2 atom stereocenters. The van der Waals surface area contributed by atoms with Crippen LogP contribution in [0.1, 0.15) is 49.7 Å². The number of hydrogen-bond donors (Lipinski definition) is 1. The number of dihydropyridines is 1. The van der Waals surface area contributed by atoms with Crippen molar-refractivity contribution in [3.05, 3.63) is 82.2 Å². The summed E-state index contributed by atoms with van der Waals surface area (Å²) >= 11 is 0. The van der Waals surface area contributed by atoms with Gasteiger partial charge in [-0.25, -0.2) is 4.79 Å². The molecule has 0 bridgehead atoms. The van der Waals surface area contributed by atoms with Crippen molar-refractivity contribution < 1.29 is 23.8 Å². The number of carbonyl (C=O) groups excluding carboxylic acids is 2. The maximum absolute atomic E-state index is 13.6. The maximum Gasteiger partial charge on any atom is 0.336 e. The Hall–Kier alpha value is -3.54. The molecule has 0 spiro atoms. The Morgan fingerprint density at radius 3 is 2.58 bits per heavy atom. The lowest BCUT2D eigenvalue weighted by molar-refractivity contribution is -0.138. The minimum absolute atomic E-state index is 0.0113. The highest BCUT2D eigenvalue weighted by Gasteiger charge is 2.41. The number of rotatable bonds is 6. The first kappa shape index (κ1) is 22.6. The zero-order valence-corrected chi connectivity index (χ0v) is 19.4. The fraction of sp³-hybridized carbons (Fsp3) is 0.333.